The van der Waals surface area contributed by atoms with Gasteiger partial charge in [-0.05, 0) is 43.6 Å². The van der Waals surface area contributed by atoms with E-state index in [2.05, 4.69) is 9.64 Å². The van der Waals surface area contributed by atoms with Crippen molar-refractivity contribution in [3.05, 3.63) is 29.8 Å². The highest BCUT2D eigenvalue weighted by molar-refractivity contribution is 5.29. The normalized spacial score (nSPS) is 19.2. The first kappa shape index (κ1) is 15.2. The van der Waals surface area contributed by atoms with Crippen LogP contribution in [-0.4, -0.2) is 42.3 Å². The highest BCUT2D eigenvalue weighted by Gasteiger charge is 2.21. The van der Waals surface area contributed by atoms with E-state index in [1.165, 1.54) is 25.0 Å². The van der Waals surface area contributed by atoms with E-state index in [0.717, 1.165) is 13.1 Å². The second-order valence-electron chi connectivity index (χ2n) is 5.06. The average molecular weight is 286 g/mol. The maximum absolute atomic E-state index is 12.0. The van der Waals surface area contributed by atoms with Crippen molar-refractivity contribution >= 4 is 0 Å². The van der Waals surface area contributed by atoms with E-state index in [0.29, 0.717) is 12.1 Å². The molecule has 0 aliphatic carbocycles. The fourth-order valence-electron chi connectivity index (χ4n) is 2.46. The lowest BCUT2D eigenvalue weighted by molar-refractivity contribution is -0.0498. The van der Waals surface area contributed by atoms with Crippen LogP contribution in [0.25, 0.3) is 0 Å². The molecular weight excluding hydrogens is 266 g/mol. The highest BCUT2D eigenvalue weighted by atomic mass is 19.3. The molecule has 3 N–H and O–H groups in total. The summed E-state index contributed by atoms with van der Waals surface area (Å²) >= 11 is 0. The van der Waals surface area contributed by atoms with Gasteiger partial charge in [-0.2, -0.15) is 8.78 Å². The minimum atomic E-state index is -2.84. The third kappa shape index (κ3) is 4.13. The second-order valence-corrected chi connectivity index (χ2v) is 5.06. The number of aliphatic hydroxyl groups is 1. The van der Waals surface area contributed by atoms with Crippen LogP contribution in [0.15, 0.2) is 24.3 Å². The molecule has 2 rings (SSSR count). The zero-order valence-electron chi connectivity index (χ0n) is 11.2. The van der Waals surface area contributed by atoms with Gasteiger partial charge in [-0.1, -0.05) is 12.1 Å². The lowest BCUT2D eigenvalue weighted by Crippen LogP contribution is -2.40. The third-order valence-corrected chi connectivity index (χ3v) is 3.52. The Labute approximate surface area is 117 Å². The van der Waals surface area contributed by atoms with Gasteiger partial charge in [0.15, 0.2) is 0 Å². The first-order valence-corrected chi connectivity index (χ1v) is 6.77. The van der Waals surface area contributed by atoms with Crippen molar-refractivity contribution in [2.45, 2.75) is 31.6 Å². The number of rotatable bonds is 6. The summed E-state index contributed by atoms with van der Waals surface area (Å²) in [5.41, 5.74) is 6.61. The Hall–Kier alpha value is -1.24. The molecule has 20 heavy (non-hydrogen) atoms. The zero-order chi connectivity index (χ0) is 14.5. The third-order valence-electron chi connectivity index (χ3n) is 3.52. The number of halogens is 2. The number of ether oxygens (including phenoxy) is 1. The molecule has 1 aromatic carbocycles. The topological polar surface area (TPSA) is 58.7 Å². The van der Waals surface area contributed by atoms with Crippen molar-refractivity contribution in [3.8, 4) is 5.75 Å². The van der Waals surface area contributed by atoms with Gasteiger partial charge in [0.1, 0.15) is 5.75 Å². The lowest BCUT2D eigenvalue weighted by Gasteiger charge is -2.24. The van der Waals surface area contributed by atoms with Crippen molar-refractivity contribution in [2.75, 3.05) is 19.6 Å². The summed E-state index contributed by atoms with van der Waals surface area (Å²) in [5, 5.41) is 10.2. The van der Waals surface area contributed by atoms with E-state index in [4.69, 9.17) is 5.73 Å². The molecule has 1 saturated heterocycles. The SMILES string of the molecule is NC(CN1CCCC1)C(O)c1ccc(OC(F)F)cc1. The Bertz CT molecular complexity index is 408. The minimum Gasteiger partial charge on any atom is -0.435 e. The van der Waals surface area contributed by atoms with Crippen molar-refractivity contribution in [1.82, 2.24) is 4.90 Å². The number of likely N-dealkylation sites (tertiary alicyclic amines) is 1. The van der Waals surface area contributed by atoms with Gasteiger partial charge in [0.25, 0.3) is 0 Å². The number of nitrogens with zero attached hydrogens (tertiary/aromatic N) is 1. The number of aliphatic hydroxyl groups excluding tert-OH is 1. The molecule has 1 heterocycles. The largest absolute Gasteiger partial charge is 0.435 e. The zero-order valence-corrected chi connectivity index (χ0v) is 11.2. The van der Waals surface area contributed by atoms with Crippen LogP contribution in [0.5, 0.6) is 5.75 Å². The summed E-state index contributed by atoms with van der Waals surface area (Å²) in [6, 6.07) is 5.55. The fraction of sp³-hybridized carbons (Fsp3) is 0.571. The molecule has 4 nitrogen and oxygen atoms in total. The molecule has 0 radical (unpaired) electrons. The molecule has 0 aromatic heterocycles. The first-order chi connectivity index (χ1) is 9.56. The smallest absolute Gasteiger partial charge is 0.387 e. The molecule has 0 amide bonds. The number of alkyl halides is 2. The van der Waals surface area contributed by atoms with Gasteiger partial charge >= 0.3 is 6.61 Å². The van der Waals surface area contributed by atoms with Crippen molar-refractivity contribution in [1.29, 1.82) is 0 Å². The average Bonchev–Trinajstić information content (AvgIpc) is 2.91. The molecule has 0 saturated carbocycles. The van der Waals surface area contributed by atoms with Crippen LogP contribution in [0, 0.1) is 0 Å². The van der Waals surface area contributed by atoms with E-state index >= 15 is 0 Å². The van der Waals surface area contributed by atoms with E-state index in [9.17, 15) is 13.9 Å². The number of hydrogen-bond acceptors (Lipinski definition) is 4. The van der Waals surface area contributed by atoms with Crippen molar-refractivity contribution in [3.63, 3.8) is 0 Å². The molecule has 1 aromatic rings. The number of hydrogen-bond donors (Lipinski definition) is 2. The predicted octanol–water partition coefficient (Wildman–Crippen LogP) is 1.74. The quantitative estimate of drug-likeness (QED) is 0.836. The summed E-state index contributed by atoms with van der Waals surface area (Å²) in [5.74, 6) is 0.0732. The van der Waals surface area contributed by atoms with E-state index in [-0.39, 0.29) is 5.75 Å². The van der Waals surface area contributed by atoms with Crippen molar-refractivity contribution < 1.29 is 18.6 Å². The van der Waals surface area contributed by atoms with Gasteiger partial charge in [-0.15, -0.1) is 0 Å². The molecule has 1 aliphatic heterocycles. The molecule has 2 unspecified atom stereocenters. The molecule has 0 spiro atoms. The van der Waals surface area contributed by atoms with Gasteiger partial charge in [-0.3, -0.25) is 0 Å². The summed E-state index contributed by atoms with van der Waals surface area (Å²) in [6.07, 6.45) is 1.53. The second kappa shape index (κ2) is 6.97. The molecular formula is C14H20F2N2O2. The van der Waals surface area contributed by atoms with Gasteiger partial charge < -0.3 is 20.5 Å². The maximum Gasteiger partial charge on any atom is 0.387 e. The van der Waals surface area contributed by atoms with Crippen LogP contribution in [0.4, 0.5) is 8.78 Å². The summed E-state index contributed by atoms with van der Waals surface area (Å²) in [7, 11) is 0. The summed E-state index contributed by atoms with van der Waals surface area (Å²) in [6.45, 7) is -0.178. The van der Waals surface area contributed by atoms with Gasteiger partial charge in [0.2, 0.25) is 0 Å². The van der Waals surface area contributed by atoms with Crippen LogP contribution >= 0.6 is 0 Å². The Morgan fingerprint density at radius 1 is 1.20 bits per heavy atom. The van der Waals surface area contributed by atoms with Crippen LogP contribution in [0.2, 0.25) is 0 Å². The first-order valence-electron chi connectivity index (χ1n) is 6.77. The summed E-state index contributed by atoms with van der Waals surface area (Å²) in [4.78, 5) is 2.22. The van der Waals surface area contributed by atoms with Gasteiger partial charge in [0, 0.05) is 12.6 Å². The van der Waals surface area contributed by atoms with Gasteiger partial charge in [-0.25, -0.2) is 0 Å². The molecule has 1 aliphatic rings. The van der Waals surface area contributed by atoms with Crippen LogP contribution < -0.4 is 10.5 Å². The Morgan fingerprint density at radius 3 is 2.35 bits per heavy atom. The standard InChI is InChI=1S/C14H20F2N2O2/c15-14(16)20-11-5-3-10(4-6-11)13(19)12(17)9-18-7-1-2-8-18/h3-6,12-14,19H,1-2,7-9,17H2. The molecule has 0 bridgehead atoms. The monoisotopic (exact) mass is 286 g/mol. The Kier molecular flexibility index (Phi) is 5.28. The molecule has 1 fully saturated rings. The van der Waals surface area contributed by atoms with E-state index in [1.807, 2.05) is 0 Å². The Balaban J connectivity index is 1.91. The molecule has 112 valence electrons. The van der Waals surface area contributed by atoms with Crippen molar-refractivity contribution in [2.24, 2.45) is 5.73 Å². The lowest BCUT2D eigenvalue weighted by atomic mass is 10.0. The minimum absolute atomic E-state index is 0.0732. The highest BCUT2D eigenvalue weighted by Crippen LogP contribution is 2.22. The van der Waals surface area contributed by atoms with Crippen LogP contribution in [0.1, 0.15) is 24.5 Å². The van der Waals surface area contributed by atoms with Crippen LogP contribution in [-0.2, 0) is 0 Å². The van der Waals surface area contributed by atoms with Crippen LogP contribution in [0.3, 0.4) is 0 Å². The maximum atomic E-state index is 12.0. The molecule has 6 heteroatoms. The predicted molar refractivity (Wildman–Crippen MR) is 71.7 cm³/mol. The number of nitrogens with two attached hydrogens (primary N) is 1. The number of benzene rings is 1. The van der Waals surface area contributed by atoms with E-state index in [1.54, 1.807) is 12.1 Å². The van der Waals surface area contributed by atoms with Gasteiger partial charge in [0.05, 0.1) is 6.10 Å². The molecule has 2 atom stereocenters. The fourth-order valence-corrected chi connectivity index (χ4v) is 2.46. The Morgan fingerprint density at radius 2 is 1.80 bits per heavy atom. The summed E-state index contributed by atoms with van der Waals surface area (Å²) < 4.78 is 28.3. The van der Waals surface area contributed by atoms with E-state index < -0.39 is 18.8 Å².